The summed E-state index contributed by atoms with van der Waals surface area (Å²) in [6.45, 7) is 5.93. The first-order valence-electron chi connectivity index (χ1n) is 16.2. The van der Waals surface area contributed by atoms with Gasteiger partial charge in [0.2, 0.25) is 0 Å². The minimum atomic E-state index is -0.919. The third-order valence-corrected chi connectivity index (χ3v) is 10.5. The molecule has 7 heteroatoms. The number of halogens is 1. The average Bonchev–Trinajstić information content (AvgIpc) is 3.11. The average molecular weight is 691 g/mol. The van der Waals surface area contributed by atoms with Crippen LogP contribution in [0.3, 0.4) is 0 Å². The van der Waals surface area contributed by atoms with E-state index in [1.807, 2.05) is 66.7 Å². The number of carbonyl (C=O) groups excluding carboxylic acids is 1. The Morgan fingerprint density at radius 3 is 2.11 bits per heavy atom. The molecule has 8 rings (SSSR count). The predicted octanol–water partition coefficient (Wildman–Crippen LogP) is 3.50. The Bertz CT molecular complexity index is 1760. The number of nitrogens with one attached hydrogen (secondary N) is 1. The number of phenolic OH excluding ortho intramolecular Hbond substituents is 1. The van der Waals surface area contributed by atoms with Crippen molar-refractivity contribution in [3.8, 4) is 5.75 Å². The molecule has 3 aliphatic rings. The minimum Gasteiger partial charge on any atom is -1.00 e. The molecule has 1 amide bonds. The summed E-state index contributed by atoms with van der Waals surface area (Å²) in [4.78, 5) is 19.2. The van der Waals surface area contributed by atoms with E-state index in [0.29, 0.717) is 10.4 Å². The number of hydrogen-bond donors (Lipinski definition) is 3. The van der Waals surface area contributed by atoms with Gasteiger partial charge in [0.1, 0.15) is 23.4 Å². The number of aromatic nitrogens is 1. The first-order valence-corrected chi connectivity index (χ1v) is 16.2. The highest BCUT2D eigenvalue weighted by Gasteiger charge is 2.55. The zero-order valence-electron chi connectivity index (χ0n) is 26.3. The summed E-state index contributed by atoms with van der Waals surface area (Å²) in [5, 5.41) is 26.8. The van der Waals surface area contributed by atoms with E-state index in [1.165, 1.54) is 0 Å². The second-order valence-electron chi connectivity index (χ2n) is 13.0. The summed E-state index contributed by atoms with van der Waals surface area (Å²) in [6.07, 6.45) is 4.68. The Labute approximate surface area is 286 Å². The number of carbonyl (C=O) groups is 1. The summed E-state index contributed by atoms with van der Waals surface area (Å²) in [6, 6.07) is 37.2. The molecule has 5 atom stereocenters. The van der Waals surface area contributed by atoms with Crippen molar-refractivity contribution in [3.05, 3.63) is 156 Å². The Kier molecular flexibility index (Phi) is 9.33. The van der Waals surface area contributed by atoms with Gasteiger partial charge in [0, 0.05) is 30.3 Å². The molecule has 240 valence electrons. The maximum absolute atomic E-state index is 14.7. The van der Waals surface area contributed by atoms with Crippen molar-refractivity contribution in [2.24, 2.45) is 11.8 Å². The number of benzene rings is 4. The van der Waals surface area contributed by atoms with Crippen LogP contribution in [0.15, 0.2) is 134 Å². The van der Waals surface area contributed by atoms with Crippen LogP contribution < -0.4 is 22.3 Å². The van der Waals surface area contributed by atoms with Gasteiger partial charge in [-0.15, -0.1) is 6.58 Å². The van der Waals surface area contributed by atoms with E-state index < -0.39 is 11.6 Å². The molecule has 4 heterocycles. The van der Waals surface area contributed by atoms with E-state index >= 15 is 0 Å². The van der Waals surface area contributed by atoms with Gasteiger partial charge in [0.05, 0.1) is 18.6 Å². The van der Waals surface area contributed by atoms with Crippen LogP contribution in [0.2, 0.25) is 0 Å². The van der Waals surface area contributed by atoms with Gasteiger partial charge in [0.25, 0.3) is 5.91 Å². The van der Waals surface area contributed by atoms with Gasteiger partial charge < -0.3 is 37.0 Å². The number of amides is 1. The summed E-state index contributed by atoms with van der Waals surface area (Å²) >= 11 is 0. The second kappa shape index (κ2) is 13.4. The zero-order chi connectivity index (χ0) is 31.7. The van der Waals surface area contributed by atoms with Crippen molar-refractivity contribution < 1.29 is 36.5 Å². The molecule has 6 nitrogen and oxygen atoms in total. The van der Waals surface area contributed by atoms with Crippen molar-refractivity contribution in [2.45, 2.75) is 30.5 Å². The first-order chi connectivity index (χ1) is 22.4. The summed E-state index contributed by atoms with van der Waals surface area (Å²) < 4.78 is 0.470. The van der Waals surface area contributed by atoms with Gasteiger partial charge in [-0.25, -0.2) is 0 Å². The lowest BCUT2D eigenvalue weighted by Crippen LogP contribution is -3.00. The lowest BCUT2D eigenvalue weighted by molar-refractivity contribution is -0.966. The van der Waals surface area contributed by atoms with E-state index in [9.17, 15) is 15.0 Å². The van der Waals surface area contributed by atoms with Crippen molar-refractivity contribution >= 4 is 16.8 Å². The quantitative estimate of drug-likeness (QED) is 0.126. The number of aromatic hydroxyl groups is 1. The molecule has 0 saturated carbocycles. The number of pyridine rings is 1. The largest absolute Gasteiger partial charge is 1.00 e. The molecule has 2 bridgehead atoms. The van der Waals surface area contributed by atoms with Gasteiger partial charge >= 0.3 is 0 Å². The normalized spacial score (nSPS) is 22.6. The molecule has 4 aromatic carbocycles. The molecule has 0 spiro atoms. The second-order valence-corrected chi connectivity index (χ2v) is 13.0. The first kappa shape index (κ1) is 32.6. The fourth-order valence-electron chi connectivity index (χ4n) is 8.32. The lowest BCUT2D eigenvalue weighted by atomic mass is 9.71. The highest BCUT2D eigenvalue weighted by atomic mass is 79.9. The highest BCUT2D eigenvalue weighted by Crippen LogP contribution is 2.47. The third kappa shape index (κ3) is 5.88. The summed E-state index contributed by atoms with van der Waals surface area (Å²) in [5.41, 5.74) is 3.46. The molecule has 3 aliphatic heterocycles. The van der Waals surface area contributed by atoms with Crippen LogP contribution in [-0.2, 0) is 10.3 Å². The molecule has 0 unspecified atom stereocenters. The van der Waals surface area contributed by atoms with Crippen molar-refractivity contribution in [3.63, 3.8) is 0 Å². The van der Waals surface area contributed by atoms with Crippen LogP contribution in [0.25, 0.3) is 10.9 Å². The van der Waals surface area contributed by atoms with Crippen LogP contribution in [0.5, 0.6) is 5.75 Å². The molecule has 3 saturated heterocycles. The molecule has 3 N–H and O–H groups in total. The van der Waals surface area contributed by atoms with Crippen molar-refractivity contribution in [1.29, 1.82) is 0 Å². The Morgan fingerprint density at radius 2 is 1.53 bits per heavy atom. The van der Waals surface area contributed by atoms with E-state index in [0.717, 1.165) is 59.1 Å². The van der Waals surface area contributed by atoms with Gasteiger partial charge in [0.15, 0.2) is 6.54 Å². The van der Waals surface area contributed by atoms with Crippen LogP contribution >= 0.6 is 0 Å². The number of aliphatic hydroxyl groups excluding tert-OH is 1. The number of phenols is 1. The molecule has 47 heavy (non-hydrogen) atoms. The van der Waals surface area contributed by atoms with Crippen molar-refractivity contribution in [2.75, 3.05) is 19.6 Å². The van der Waals surface area contributed by atoms with Crippen LogP contribution in [0.4, 0.5) is 0 Å². The predicted molar refractivity (Wildman–Crippen MR) is 181 cm³/mol. The molecular formula is C40H40BrN3O3. The SMILES string of the molecule is C=C[C@H]1C[N@+]2(CC(=O)NC(c3ccccc3)(c3ccccc3)c3ccccc3)CC[C@H]1C[C@@H]2[C@@H](O)c1ccnc2ccc(O)cc12.[Br-]. The van der Waals surface area contributed by atoms with Crippen LogP contribution in [0, 0.1) is 11.8 Å². The van der Waals surface area contributed by atoms with Gasteiger partial charge in [-0.3, -0.25) is 9.78 Å². The monoisotopic (exact) mass is 689 g/mol. The number of aliphatic hydroxyl groups is 1. The topological polar surface area (TPSA) is 82.5 Å². The zero-order valence-corrected chi connectivity index (χ0v) is 27.8. The van der Waals surface area contributed by atoms with E-state index in [1.54, 1.807) is 24.4 Å². The van der Waals surface area contributed by atoms with E-state index in [4.69, 9.17) is 0 Å². The number of fused-ring (bicyclic) bond motifs is 4. The maximum Gasteiger partial charge on any atom is 0.276 e. The fraction of sp³-hybridized carbons (Fsp3) is 0.250. The molecular weight excluding hydrogens is 650 g/mol. The number of rotatable bonds is 9. The Balaban J connectivity index is 0.00000386. The standard InChI is InChI=1S/C40H39N3O3.BrH/c1-2-28-26-43(23-21-29(28)24-37(43)39(46)34-20-22-41-36-19-18-33(44)25-35(34)36)27-38(45)42-40(30-12-6-3-7-13-30,31-14-8-4-9-15-31)32-16-10-5-11-17-32;/h2-20,22,25,28-29,37,39,46H,1,21,23-24,26-27H2,(H-,42,44,45);1H/t28-,29-,37+,39-,43-;/m0./s1. The molecule has 3 fully saturated rings. The van der Waals surface area contributed by atoms with E-state index in [2.05, 4.69) is 53.3 Å². The molecule has 0 aliphatic carbocycles. The minimum absolute atomic E-state index is 0. The number of quaternary nitrogens is 1. The maximum atomic E-state index is 14.7. The summed E-state index contributed by atoms with van der Waals surface area (Å²) in [7, 11) is 0. The molecule has 5 aromatic rings. The lowest BCUT2D eigenvalue weighted by Gasteiger charge is -2.57. The smallest absolute Gasteiger partial charge is 0.276 e. The fourth-order valence-corrected chi connectivity index (χ4v) is 8.32. The van der Waals surface area contributed by atoms with Gasteiger partial charge in [-0.05, 0) is 52.4 Å². The highest BCUT2D eigenvalue weighted by molar-refractivity contribution is 5.84. The number of hydrogen-bond acceptors (Lipinski definition) is 4. The van der Waals surface area contributed by atoms with Gasteiger partial charge in [-0.2, -0.15) is 0 Å². The number of piperidine rings is 3. The van der Waals surface area contributed by atoms with Crippen molar-refractivity contribution in [1.82, 2.24) is 10.3 Å². The Morgan fingerprint density at radius 1 is 0.936 bits per heavy atom. The number of nitrogens with zero attached hydrogens (tertiary/aromatic N) is 2. The van der Waals surface area contributed by atoms with Crippen LogP contribution in [0.1, 0.15) is 41.2 Å². The van der Waals surface area contributed by atoms with Crippen LogP contribution in [-0.4, -0.2) is 51.3 Å². The summed E-state index contributed by atoms with van der Waals surface area (Å²) in [5.74, 6) is 0.728. The Hall–Kier alpha value is -4.30. The van der Waals surface area contributed by atoms with E-state index in [-0.39, 0.29) is 47.1 Å². The molecule has 0 radical (unpaired) electrons. The molecule has 1 aromatic heterocycles. The van der Waals surface area contributed by atoms with Gasteiger partial charge in [-0.1, -0.05) is 97.1 Å². The third-order valence-electron chi connectivity index (χ3n) is 10.5.